The fraction of sp³-hybridized carbons (Fsp3) is 0.300. The van der Waals surface area contributed by atoms with Crippen LogP contribution in [0.25, 0.3) is 22.2 Å². The summed E-state index contributed by atoms with van der Waals surface area (Å²) >= 11 is 1.38. The van der Waals surface area contributed by atoms with Crippen LogP contribution in [0.15, 0.2) is 40.2 Å². The van der Waals surface area contributed by atoms with Crippen LogP contribution in [0.1, 0.15) is 19.8 Å². The van der Waals surface area contributed by atoms with Gasteiger partial charge in [-0.15, -0.1) is 11.3 Å². The fourth-order valence-electron chi connectivity index (χ4n) is 3.30. The number of benzene rings is 1. The Bertz CT molecular complexity index is 1020. The highest BCUT2D eigenvalue weighted by molar-refractivity contribution is 7.14. The van der Waals surface area contributed by atoms with Gasteiger partial charge in [0.25, 0.3) is 5.89 Å². The molecule has 0 saturated carbocycles. The lowest BCUT2D eigenvalue weighted by Gasteiger charge is -2.30. The quantitative estimate of drug-likeness (QED) is 0.702. The molecule has 0 radical (unpaired) electrons. The van der Waals surface area contributed by atoms with Crippen molar-refractivity contribution in [2.24, 2.45) is 5.92 Å². The Morgan fingerprint density at radius 2 is 1.93 bits per heavy atom. The van der Waals surface area contributed by atoms with Gasteiger partial charge < -0.3 is 14.7 Å². The van der Waals surface area contributed by atoms with E-state index in [0.717, 1.165) is 0 Å². The topological polar surface area (TPSA) is 88.3 Å². The maximum absolute atomic E-state index is 13.1. The zero-order chi connectivity index (χ0) is 20.4. The normalized spacial score (nSPS) is 14.8. The van der Waals surface area contributed by atoms with E-state index in [1.165, 1.54) is 23.5 Å². The Balaban J connectivity index is 1.46. The summed E-state index contributed by atoms with van der Waals surface area (Å²) in [6.45, 7) is 2.73. The van der Waals surface area contributed by atoms with Crippen LogP contribution in [0.4, 0.5) is 10.1 Å². The second-order valence-corrected chi connectivity index (χ2v) is 7.78. The van der Waals surface area contributed by atoms with Gasteiger partial charge in [-0.05, 0) is 48.6 Å². The molecule has 1 aliphatic heterocycles. The van der Waals surface area contributed by atoms with Crippen molar-refractivity contribution < 1.29 is 18.5 Å². The lowest BCUT2D eigenvalue weighted by molar-refractivity contribution is -0.132. The van der Waals surface area contributed by atoms with Crippen LogP contribution in [0.2, 0.25) is 0 Å². The summed E-state index contributed by atoms with van der Waals surface area (Å²) in [4.78, 5) is 30.9. The summed E-state index contributed by atoms with van der Waals surface area (Å²) in [6.07, 6.45) is 1.28. The number of amides is 2. The summed E-state index contributed by atoms with van der Waals surface area (Å²) in [5, 5.41) is 8.74. The number of aromatic nitrogens is 2. The number of rotatable bonds is 4. The van der Waals surface area contributed by atoms with Crippen LogP contribution in [-0.2, 0) is 9.59 Å². The van der Waals surface area contributed by atoms with Gasteiger partial charge >= 0.3 is 0 Å². The van der Waals surface area contributed by atoms with E-state index in [4.69, 9.17) is 4.52 Å². The monoisotopic (exact) mass is 414 g/mol. The Hall–Kier alpha value is -3.07. The second kappa shape index (κ2) is 8.12. The van der Waals surface area contributed by atoms with Gasteiger partial charge in [-0.1, -0.05) is 5.16 Å². The summed E-state index contributed by atoms with van der Waals surface area (Å²) in [5.41, 5.74) is 1.25. The molecule has 0 spiro atoms. The summed E-state index contributed by atoms with van der Waals surface area (Å²) < 4.78 is 18.5. The Kier molecular flexibility index (Phi) is 5.39. The number of hydrogen-bond acceptors (Lipinski definition) is 6. The largest absolute Gasteiger partial charge is 0.343 e. The van der Waals surface area contributed by atoms with E-state index in [2.05, 4.69) is 15.5 Å². The molecule has 0 atom stereocenters. The van der Waals surface area contributed by atoms with Crippen LogP contribution in [-0.4, -0.2) is 39.9 Å². The average Bonchev–Trinajstić information content (AvgIpc) is 3.38. The molecule has 1 N–H and O–H groups in total. The predicted octanol–water partition coefficient (Wildman–Crippen LogP) is 3.80. The Labute approximate surface area is 170 Å². The first-order valence-corrected chi connectivity index (χ1v) is 10.1. The summed E-state index contributed by atoms with van der Waals surface area (Å²) in [6, 6.07) is 7.62. The number of nitrogens with one attached hydrogen (secondary N) is 1. The van der Waals surface area contributed by atoms with E-state index in [1.54, 1.807) is 30.0 Å². The zero-order valence-corrected chi connectivity index (χ0v) is 16.5. The van der Waals surface area contributed by atoms with Crippen LogP contribution in [0.5, 0.6) is 0 Å². The molecule has 9 heteroatoms. The molecule has 0 bridgehead atoms. The highest BCUT2D eigenvalue weighted by atomic mass is 32.1. The molecule has 3 heterocycles. The van der Waals surface area contributed by atoms with Gasteiger partial charge in [-0.3, -0.25) is 9.59 Å². The predicted molar refractivity (Wildman–Crippen MR) is 107 cm³/mol. The maximum atomic E-state index is 13.1. The summed E-state index contributed by atoms with van der Waals surface area (Å²) in [5.74, 6) is 0.123. The van der Waals surface area contributed by atoms with Gasteiger partial charge in [0.2, 0.25) is 17.6 Å². The van der Waals surface area contributed by atoms with Gasteiger partial charge in [0.05, 0.1) is 5.69 Å². The number of nitrogens with zero attached hydrogens (tertiary/aromatic N) is 3. The second-order valence-electron chi connectivity index (χ2n) is 6.86. The molecule has 3 aromatic rings. The number of hydrogen-bond donors (Lipinski definition) is 1. The van der Waals surface area contributed by atoms with Crippen LogP contribution in [0, 0.1) is 11.7 Å². The molecule has 0 aliphatic carbocycles. The van der Waals surface area contributed by atoms with E-state index in [0.29, 0.717) is 53.8 Å². The van der Waals surface area contributed by atoms with Gasteiger partial charge in [0, 0.05) is 31.5 Å². The van der Waals surface area contributed by atoms with Crippen molar-refractivity contribution in [2.75, 3.05) is 18.4 Å². The number of anilines is 1. The third-order valence-electron chi connectivity index (χ3n) is 4.96. The summed E-state index contributed by atoms with van der Waals surface area (Å²) in [7, 11) is 0. The number of halogens is 1. The van der Waals surface area contributed by atoms with Gasteiger partial charge in [-0.2, -0.15) is 4.98 Å². The van der Waals surface area contributed by atoms with Gasteiger partial charge in [0.15, 0.2) is 0 Å². The van der Waals surface area contributed by atoms with Gasteiger partial charge in [0.1, 0.15) is 10.7 Å². The average molecular weight is 414 g/mol. The lowest BCUT2D eigenvalue weighted by Crippen LogP contribution is -2.40. The van der Waals surface area contributed by atoms with Crippen molar-refractivity contribution in [3.05, 3.63) is 41.5 Å². The minimum atomic E-state index is -0.338. The first kappa shape index (κ1) is 19.3. The van der Waals surface area contributed by atoms with Crippen LogP contribution >= 0.6 is 11.3 Å². The minimum Gasteiger partial charge on any atom is -0.343 e. The molecule has 29 heavy (non-hydrogen) atoms. The Morgan fingerprint density at radius 3 is 2.62 bits per heavy atom. The van der Waals surface area contributed by atoms with E-state index in [9.17, 15) is 14.0 Å². The van der Waals surface area contributed by atoms with Crippen molar-refractivity contribution in [2.45, 2.75) is 19.8 Å². The molecule has 150 valence electrons. The van der Waals surface area contributed by atoms with E-state index in [-0.39, 0.29) is 23.5 Å². The SMILES string of the molecule is CC(=O)N1CCC(C(=O)Nc2ccsc2-c2nc(-c3ccc(F)cc3)no2)CC1. The smallest absolute Gasteiger partial charge is 0.270 e. The lowest BCUT2D eigenvalue weighted by atomic mass is 9.96. The van der Waals surface area contributed by atoms with Crippen molar-refractivity contribution in [1.29, 1.82) is 0 Å². The number of carbonyl (C=O) groups is 2. The van der Waals surface area contributed by atoms with Crippen molar-refractivity contribution in [3.63, 3.8) is 0 Å². The molecule has 0 unspecified atom stereocenters. The highest BCUT2D eigenvalue weighted by Gasteiger charge is 2.27. The van der Waals surface area contributed by atoms with Crippen molar-refractivity contribution in [3.8, 4) is 22.2 Å². The molecular formula is C20H19FN4O3S. The van der Waals surface area contributed by atoms with E-state index >= 15 is 0 Å². The Morgan fingerprint density at radius 1 is 1.21 bits per heavy atom. The van der Waals surface area contributed by atoms with Crippen LogP contribution < -0.4 is 5.32 Å². The third-order valence-corrected chi connectivity index (χ3v) is 5.86. The highest BCUT2D eigenvalue weighted by Crippen LogP contribution is 2.34. The van der Waals surface area contributed by atoms with Crippen molar-refractivity contribution >= 4 is 28.8 Å². The van der Waals surface area contributed by atoms with Gasteiger partial charge in [-0.25, -0.2) is 4.39 Å². The van der Waals surface area contributed by atoms with Crippen LogP contribution in [0.3, 0.4) is 0 Å². The maximum Gasteiger partial charge on any atom is 0.270 e. The molecule has 1 aromatic carbocycles. The van der Waals surface area contributed by atoms with E-state index in [1.807, 2.05) is 5.38 Å². The molecule has 2 amide bonds. The first-order valence-electron chi connectivity index (χ1n) is 9.25. The number of carbonyl (C=O) groups excluding carboxylic acids is 2. The van der Waals surface area contributed by atoms with E-state index < -0.39 is 0 Å². The zero-order valence-electron chi connectivity index (χ0n) is 15.7. The first-order chi connectivity index (χ1) is 14.0. The molecule has 1 saturated heterocycles. The minimum absolute atomic E-state index is 0.0392. The molecule has 1 fully saturated rings. The fourth-order valence-corrected chi connectivity index (χ4v) is 4.07. The number of likely N-dealkylation sites (tertiary alicyclic amines) is 1. The number of piperidine rings is 1. The number of thiophene rings is 1. The molecule has 7 nitrogen and oxygen atoms in total. The van der Waals surface area contributed by atoms with Crippen molar-refractivity contribution in [1.82, 2.24) is 15.0 Å². The molecule has 2 aromatic heterocycles. The third kappa shape index (κ3) is 4.19. The standard InChI is InChI=1S/C20H19FN4O3S/c1-12(26)25-9-6-14(7-10-25)19(27)22-16-8-11-29-17(16)20-23-18(24-28-20)13-2-4-15(21)5-3-13/h2-5,8,11,14H,6-7,9-10H2,1H3,(H,22,27). The molecular weight excluding hydrogens is 395 g/mol. The molecule has 4 rings (SSSR count). The molecule has 1 aliphatic rings.